The van der Waals surface area contributed by atoms with E-state index in [0.717, 1.165) is 31.9 Å². The van der Waals surface area contributed by atoms with Crippen molar-refractivity contribution in [2.45, 2.75) is 38.6 Å². The maximum Gasteiger partial charge on any atom is 0.300 e. The highest BCUT2D eigenvalue weighted by Gasteiger charge is 2.29. The molecule has 1 aliphatic heterocycles. The van der Waals surface area contributed by atoms with Crippen LogP contribution in [0.15, 0.2) is 12.3 Å². The minimum atomic E-state index is -0.598. The smallest absolute Gasteiger partial charge is 0.300 e. The largest absolute Gasteiger partial charge is 0.336 e. The van der Waals surface area contributed by atoms with Gasteiger partial charge >= 0.3 is 0 Å². The summed E-state index contributed by atoms with van der Waals surface area (Å²) in [5.41, 5.74) is -0.278. The van der Waals surface area contributed by atoms with E-state index in [-0.39, 0.29) is 28.4 Å². The molecule has 2 rings (SSSR count). The highest BCUT2D eigenvalue weighted by atomic mass is 35.5. The third-order valence-corrected chi connectivity index (χ3v) is 3.80. The molecule has 0 radical (unpaired) electrons. The van der Waals surface area contributed by atoms with E-state index in [9.17, 15) is 14.9 Å². The lowest BCUT2D eigenvalue weighted by atomic mass is 10.1. The van der Waals surface area contributed by atoms with Gasteiger partial charge in [-0.05, 0) is 25.8 Å². The second kappa shape index (κ2) is 6.17. The summed E-state index contributed by atoms with van der Waals surface area (Å²) in [7, 11) is 0. The summed E-state index contributed by atoms with van der Waals surface area (Å²) in [5, 5.41) is 11.1. The van der Waals surface area contributed by atoms with E-state index in [0.29, 0.717) is 6.54 Å². The fraction of sp³-hybridized carbons (Fsp3) is 0.538. The van der Waals surface area contributed by atoms with E-state index in [4.69, 9.17) is 11.6 Å². The van der Waals surface area contributed by atoms with Crippen LogP contribution in [0.2, 0.25) is 5.15 Å². The Morgan fingerprint density at radius 3 is 2.95 bits per heavy atom. The molecule has 1 aliphatic rings. The summed E-state index contributed by atoms with van der Waals surface area (Å²) in [6, 6.07) is 1.36. The predicted octanol–water partition coefficient (Wildman–Crippen LogP) is 3.05. The normalized spacial score (nSPS) is 19.5. The minimum absolute atomic E-state index is 0.0174. The number of likely N-dealkylation sites (tertiary alicyclic amines) is 1. The molecule has 1 aromatic rings. The number of carbonyl (C=O) groups is 1. The number of amides is 1. The molecule has 0 N–H and O–H groups in total. The van der Waals surface area contributed by atoms with Crippen molar-refractivity contribution < 1.29 is 9.72 Å². The van der Waals surface area contributed by atoms with E-state index in [1.54, 1.807) is 4.90 Å². The Morgan fingerprint density at radius 2 is 2.25 bits per heavy atom. The first-order valence-electron chi connectivity index (χ1n) is 6.61. The Kier molecular flexibility index (Phi) is 4.54. The van der Waals surface area contributed by atoms with Crippen LogP contribution in [0.25, 0.3) is 0 Å². The quantitative estimate of drug-likeness (QED) is 0.477. The lowest BCUT2D eigenvalue weighted by Crippen LogP contribution is -2.38. The molecule has 1 atom stereocenters. The van der Waals surface area contributed by atoms with Crippen LogP contribution in [0.5, 0.6) is 0 Å². The van der Waals surface area contributed by atoms with Crippen molar-refractivity contribution in [3.63, 3.8) is 0 Å². The summed E-state index contributed by atoms with van der Waals surface area (Å²) < 4.78 is 0. The number of pyridine rings is 1. The Labute approximate surface area is 121 Å². The van der Waals surface area contributed by atoms with Crippen LogP contribution in [-0.2, 0) is 0 Å². The van der Waals surface area contributed by atoms with Crippen LogP contribution in [0.1, 0.15) is 43.0 Å². The molecule has 0 spiro atoms. The minimum Gasteiger partial charge on any atom is -0.336 e. The first kappa shape index (κ1) is 14.7. The molecule has 7 heteroatoms. The molecular formula is C13H16ClN3O3. The molecule has 0 aromatic carbocycles. The molecule has 6 nitrogen and oxygen atoms in total. The number of rotatable bonds is 2. The van der Waals surface area contributed by atoms with Gasteiger partial charge in [-0.15, -0.1) is 0 Å². The molecule has 1 unspecified atom stereocenters. The Hall–Kier alpha value is -1.69. The fourth-order valence-electron chi connectivity index (χ4n) is 2.47. The fourth-order valence-corrected chi connectivity index (χ4v) is 2.63. The number of hydrogen-bond acceptors (Lipinski definition) is 4. The summed E-state index contributed by atoms with van der Waals surface area (Å²) >= 11 is 5.77. The van der Waals surface area contributed by atoms with Crippen molar-refractivity contribution in [3.8, 4) is 0 Å². The average molecular weight is 298 g/mol. The first-order chi connectivity index (χ1) is 9.50. The maximum absolute atomic E-state index is 12.6. The third-order valence-electron chi connectivity index (χ3n) is 3.59. The van der Waals surface area contributed by atoms with Crippen LogP contribution in [0.4, 0.5) is 5.69 Å². The highest BCUT2D eigenvalue weighted by molar-refractivity contribution is 6.29. The van der Waals surface area contributed by atoms with Crippen LogP contribution in [0.3, 0.4) is 0 Å². The van der Waals surface area contributed by atoms with Crippen molar-refractivity contribution in [2.75, 3.05) is 6.54 Å². The summed E-state index contributed by atoms with van der Waals surface area (Å²) in [6.07, 6.45) is 5.02. The van der Waals surface area contributed by atoms with Gasteiger partial charge < -0.3 is 4.90 Å². The monoisotopic (exact) mass is 297 g/mol. The van der Waals surface area contributed by atoms with Crippen molar-refractivity contribution in [1.82, 2.24) is 9.88 Å². The third kappa shape index (κ3) is 3.07. The van der Waals surface area contributed by atoms with Gasteiger partial charge in [-0.1, -0.05) is 24.4 Å². The number of hydrogen-bond donors (Lipinski definition) is 0. The maximum atomic E-state index is 12.6. The molecule has 1 saturated heterocycles. The van der Waals surface area contributed by atoms with Crippen molar-refractivity contribution in [3.05, 3.63) is 33.1 Å². The zero-order chi connectivity index (χ0) is 14.7. The van der Waals surface area contributed by atoms with Gasteiger partial charge in [-0.3, -0.25) is 14.9 Å². The zero-order valence-electron chi connectivity index (χ0n) is 11.2. The summed E-state index contributed by atoms with van der Waals surface area (Å²) in [6.45, 7) is 2.59. The van der Waals surface area contributed by atoms with E-state index < -0.39 is 4.92 Å². The van der Waals surface area contributed by atoms with Gasteiger partial charge in [-0.2, -0.15) is 0 Å². The Balaban J connectivity index is 2.36. The van der Waals surface area contributed by atoms with E-state index in [1.165, 1.54) is 6.07 Å². The van der Waals surface area contributed by atoms with Crippen LogP contribution < -0.4 is 0 Å². The molecule has 108 valence electrons. The standard InChI is InChI=1S/C13H16ClN3O3/c1-9-5-3-2-4-6-16(9)13(18)10-7-12(14)15-8-11(10)17(19)20/h7-9H,2-6H2,1H3. The van der Waals surface area contributed by atoms with Crippen LogP contribution in [0, 0.1) is 10.1 Å². The molecule has 0 bridgehead atoms. The molecule has 20 heavy (non-hydrogen) atoms. The van der Waals surface area contributed by atoms with Crippen LogP contribution in [-0.4, -0.2) is 33.3 Å². The predicted molar refractivity (Wildman–Crippen MR) is 74.9 cm³/mol. The Bertz CT molecular complexity index is 536. The van der Waals surface area contributed by atoms with Crippen molar-refractivity contribution in [1.29, 1.82) is 0 Å². The summed E-state index contributed by atoms with van der Waals surface area (Å²) in [5.74, 6) is -0.338. The van der Waals surface area contributed by atoms with Gasteiger partial charge in [0.1, 0.15) is 16.9 Å². The first-order valence-corrected chi connectivity index (χ1v) is 6.99. The Morgan fingerprint density at radius 1 is 1.50 bits per heavy atom. The molecule has 1 amide bonds. The molecule has 1 fully saturated rings. The summed E-state index contributed by atoms with van der Waals surface area (Å²) in [4.78, 5) is 28.4. The average Bonchev–Trinajstić information content (AvgIpc) is 2.62. The highest BCUT2D eigenvalue weighted by Crippen LogP contribution is 2.25. The SMILES string of the molecule is CC1CCCCCN1C(=O)c1cc(Cl)ncc1[N+](=O)[O-]. The zero-order valence-corrected chi connectivity index (χ0v) is 12.0. The lowest BCUT2D eigenvalue weighted by molar-refractivity contribution is -0.385. The van der Waals surface area contributed by atoms with Gasteiger partial charge in [0.05, 0.1) is 4.92 Å². The number of nitrogens with zero attached hydrogens (tertiary/aromatic N) is 3. The molecular weight excluding hydrogens is 282 g/mol. The van der Waals surface area contributed by atoms with Gasteiger partial charge in [0.2, 0.25) is 0 Å². The van der Waals surface area contributed by atoms with Gasteiger partial charge in [0.25, 0.3) is 11.6 Å². The van der Waals surface area contributed by atoms with Gasteiger partial charge in [-0.25, -0.2) is 4.98 Å². The number of nitro groups is 1. The number of carbonyl (C=O) groups excluding carboxylic acids is 1. The molecule has 1 aromatic heterocycles. The molecule has 0 aliphatic carbocycles. The van der Waals surface area contributed by atoms with E-state index >= 15 is 0 Å². The van der Waals surface area contributed by atoms with E-state index in [1.807, 2.05) is 6.92 Å². The number of aromatic nitrogens is 1. The van der Waals surface area contributed by atoms with Crippen LogP contribution >= 0.6 is 11.6 Å². The molecule has 2 heterocycles. The van der Waals surface area contributed by atoms with Crippen molar-refractivity contribution >= 4 is 23.2 Å². The van der Waals surface area contributed by atoms with Gasteiger partial charge in [0, 0.05) is 12.6 Å². The lowest BCUT2D eigenvalue weighted by Gasteiger charge is -2.27. The van der Waals surface area contributed by atoms with E-state index in [2.05, 4.69) is 4.98 Å². The van der Waals surface area contributed by atoms with Crippen molar-refractivity contribution in [2.24, 2.45) is 0 Å². The number of halogens is 1. The van der Waals surface area contributed by atoms with Gasteiger partial charge in [0.15, 0.2) is 0 Å². The second-order valence-corrected chi connectivity index (χ2v) is 5.37. The molecule has 0 saturated carbocycles. The topological polar surface area (TPSA) is 76.3 Å². The second-order valence-electron chi connectivity index (χ2n) is 4.98.